The van der Waals surface area contributed by atoms with Gasteiger partial charge in [0.05, 0.1) is 13.2 Å². The Bertz CT molecular complexity index is 928. The molecule has 0 aliphatic carbocycles. The zero-order chi connectivity index (χ0) is 19.9. The third kappa shape index (κ3) is 4.76. The minimum absolute atomic E-state index is 0.124. The fourth-order valence-corrected chi connectivity index (χ4v) is 2.82. The van der Waals surface area contributed by atoms with E-state index in [-0.39, 0.29) is 12.4 Å². The molecule has 0 saturated heterocycles. The number of methoxy groups -OCH3 is 1. The van der Waals surface area contributed by atoms with Crippen LogP contribution in [0.2, 0.25) is 0 Å². The monoisotopic (exact) mass is 384 g/mol. The molecular weight excluding hydrogens is 363 g/mol. The van der Waals surface area contributed by atoms with E-state index in [2.05, 4.69) is 20.8 Å². The van der Waals surface area contributed by atoms with Crippen molar-refractivity contribution in [3.63, 3.8) is 0 Å². The average Bonchev–Trinajstić information content (AvgIpc) is 3.17. The van der Waals surface area contributed by atoms with Crippen molar-refractivity contribution in [2.45, 2.75) is 25.7 Å². The van der Waals surface area contributed by atoms with Crippen LogP contribution in [-0.4, -0.2) is 33.3 Å². The molecule has 3 aromatic rings. The summed E-state index contributed by atoms with van der Waals surface area (Å²) in [4.78, 5) is 11.7. The zero-order valence-electron chi connectivity index (χ0n) is 15.4. The summed E-state index contributed by atoms with van der Waals surface area (Å²) in [6, 6.07) is 13.5. The van der Waals surface area contributed by atoms with Crippen LogP contribution >= 0.6 is 0 Å². The number of carbonyl (C=O) groups excluding carboxylic acids is 1. The van der Waals surface area contributed by atoms with Crippen LogP contribution in [0.4, 0.5) is 4.39 Å². The third-order valence-corrected chi connectivity index (χ3v) is 4.27. The molecule has 1 aromatic heterocycles. The van der Waals surface area contributed by atoms with Crippen molar-refractivity contribution in [2.24, 2.45) is 5.73 Å². The van der Waals surface area contributed by atoms with Crippen LogP contribution in [0.15, 0.2) is 48.5 Å². The molecule has 1 atom stereocenters. The second kappa shape index (κ2) is 9.16. The number of hydrogen-bond acceptors (Lipinski definition) is 7. The molecule has 0 aliphatic heterocycles. The lowest BCUT2D eigenvalue weighted by Crippen LogP contribution is -2.27. The van der Waals surface area contributed by atoms with Gasteiger partial charge in [-0.25, -0.2) is 9.07 Å². The summed E-state index contributed by atoms with van der Waals surface area (Å²) in [5.41, 5.74) is 8.52. The van der Waals surface area contributed by atoms with E-state index in [0.29, 0.717) is 18.9 Å². The predicted octanol–water partition coefficient (Wildman–Crippen LogP) is 1.32. The smallest absolute Gasteiger partial charge is 0.327 e. The van der Waals surface area contributed by atoms with Crippen molar-refractivity contribution in [3.05, 3.63) is 76.9 Å². The highest BCUT2D eigenvalue weighted by molar-refractivity contribution is 5.68. The van der Waals surface area contributed by atoms with Crippen LogP contribution in [0.5, 0.6) is 0 Å². The quantitative estimate of drug-likeness (QED) is 0.564. The molecule has 3 N–H and O–H groups in total. The molecule has 3 rings (SSSR count). The number of tetrazole rings is 1. The molecule has 9 heteroatoms. The van der Waals surface area contributed by atoms with E-state index < -0.39 is 12.0 Å². The fraction of sp³-hybridized carbons (Fsp3) is 0.263. The second-order valence-corrected chi connectivity index (χ2v) is 6.16. The van der Waals surface area contributed by atoms with Gasteiger partial charge in [0.15, 0.2) is 5.82 Å². The minimum atomic E-state index is -0.470. The first kappa shape index (κ1) is 19.6. The Morgan fingerprint density at radius 2 is 2.00 bits per heavy atom. The van der Waals surface area contributed by atoms with Crippen molar-refractivity contribution < 1.29 is 13.9 Å². The molecule has 0 radical (unpaired) electrons. The number of hydrogen-bond donors (Lipinski definition) is 2. The first-order valence-electron chi connectivity index (χ1n) is 8.70. The molecule has 8 nitrogen and oxygen atoms in total. The highest BCUT2D eigenvalue weighted by Crippen LogP contribution is 2.21. The van der Waals surface area contributed by atoms with Crippen molar-refractivity contribution in [1.29, 1.82) is 0 Å². The molecule has 2 aromatic carbocycles. The summed E-state index contributed by atoms with van der Waals surface area (Å²) in [6.07, 6.45) is 0. The number of carbonyl (C=O) groups is 1. The molecule has 0 spiro atoms. The number of ether oxygens (including phenoxy) is 1. The van der Waals surface area contributed by atoms with E-state index in [4.69, 9.17) is 10.5 Å². The molecule has 0 aliphatic rings. The van der Waals surface area contributed by atoms with Gasteiger partial charge in [-0.2, -0.15) is 0 Å². The van der Waals surface area contributed by atoms with E-state index in [1.807, 2.05) is 24.3 Å². The summed E-state index contributed by atoms with van der Waals surface area (Å²) in [5.74, 6) is -0.388. The number of nitrogens with two attached hydrogens (primary N) is 1. The van der Waals surface area contributed by atoms with Crippen LogP contribution in [0.3, 0.4) is 0 Å². The number of esters is 1. The fourth-order valence-electron chi connectivity index (χ4n) is 2.82. The van der Waals surface area contributed by atoms with Crippen molar-refractivity contribution >= 4 is 5.97 Å². The number of nitrogens with zero attached hydrogens (tertiary/aromatic N) is 4. The lowest BCUT2D eigenvalue weighted by Gasteiger charge is -2.19. The van der Waals surface area contributed by atoms with Crippen LogP contribution in [-0.2, 0) is 29.2 Å². The Balaban J connectivity index is 1.88. The van der Waals surface area contributed by atoms with Gasteiger partial charge >= 0.3 is 5.97 Å². The van der Waals surface area contributed by atoms with Crippen molar-refractivity contribution in [1.82, 2.24) is 25.5 Å². The maximum Gasteiger partial charge on any atom is 0.327 e. The number of benzene rings is 2. The van der Waals surface area contributed by atoms with Gasteiger partial charge in [0.1, 0.15) is 12.4 Å². The minimum Gasteiger partial charge on any atom is -0.468 e. The van der Waals surface area contributed by atoms with E-state index in [1.165, 1.54) is 23.9 Å². The maximum absolute atomic E-state index is 13.4. The van der Waals surface area contributed by atoms with Gasteiger partial charge in [-0.05, 0) is 39.2 Å². The van der Waals surface area contributed by atoms with Crippen LogP contribution < -0.4 is 11.1 Å². The summed E-state index contributed by atoms with van der Waals surface area (Å²) >= 11 is 0. The van der Waals surface area contributed by atoms with Crippen molar-refractivity contribution in [2.75, 3.05) is 7.11 Å². The second-order valence-electron chi connectivity index (χ2n) is 6.16. The van der Waals surface area contributed by atoms with Crippen molar-refractivity contribution in [3.8, 4) is 0 Å². The largest absolute Gasteiger partial charge is 0.468 e. The predicted molar refractivity (Wildman–Crippen MR) is 99.2 cm³/mol. The molecule has 28 heavy (non-hydrogen) atoms. The highest BCUT2D eigenvalue weighted by Gasteiger charge is 2.22. The van der Waals surface area contributed by atoms with Gasteiger partial charge in [-0.3, -0.25) is 10.1 Å². The van der Waals surface area contributed by atoms with Crippen LogP contribution in [0.1, 0.15) is 28.6 Å². The lowest BCUT2D eigenvalue weighted by atomic mass is 10.0. The number of rotatable bonds is 8. The molecule has 0 saturated carbocycles. The number of nitrogens with one attached hydrogen (secondary N) is 1. The Morgan fingerprint density at radius 1 is 1.25 bits per heavy atom. The molecule has 0 amide bonds. The maximum atomic E-state index is 13.4. The topological polar surface area (TPSA) is 108 Å². The molecule has 0 fully saturated rings. The van der Waals surface area contributed by atoms with Gasteiger partial charge in [-0.1, -0.05) is 36.4 Å². The van der Waals surface area contributed by atoms with Gasteiger partial charge in [0, 0.05) is 13.1 Å². The third-order valence-electron chi connectivity index (χ3n) is 4.27. The Labute approximate surface area is 161 Å². The zero-order valence-corrected chi connectivity index (χ0v) is 15.4. The van der Waals surface area contributed by atoms with Gasteiger partial charge in [-0.15, -0.1) is 5.10 Å². The molecule has 1 heterocycles. The van der Waals surface area contributed by atoms with E-state index in [9.17, 15) is 9.18 Å². The van der Waals surface area contributed by atoms with E-state index in [0.717, 1.165) is 16.7 Å². The molecular formula is C19H21FN6O2. The number of halogens is 1. The Hall–Kier alpha value is -3.17. The van der Waals surface area contributed by atoms with E-state index >= 15 is 0 Å². The van der Waals surface area contributed by atoms with Gasteiger partial charge < -0.3 is 10.5 Å². The summed E-state index contributed by atoms with van der Waals surface area (Å²) < 4.78 is 19.4. The standard InChI is InChI=1S/C19H21FN6O2/c1-28-17(27)12-26-19(23-24-25-26)18(15-5-7-16(20)8-6-15)22-11-14-4-2-3-13(9-14)10-21/h2-9,18,22H,10-12,21H2,1H3. The first-order valence-corrected chi connectivity index (χ1v) is 8.70. The normalized spacial score (nSPS) is 12.0. The van der Waals surface area contributed by atoms with Gasteiger partial charge in [0.25, 0.3) is 0 Å². The molecule has 1 unspecified atom stereocenters. The van der Waals surface area contributed by atoms with E-state index in [1.54, 1.807) is 12.1 Å². The summed E-state index contributed by atoms with van der Waals surface area (Å²) in [5, 5.41) is 15.0. The van der Waals surface area contributed by atoms with Gasteiger partial charge in [0.2, 0.25) is 0 Å². The lowest BCUT2D eigenvalue weighted by molar-refractivity contribution is -0.141. The number of aromatic nitrogens is 4. The van der Waals surface area contributed by atoms with Crippen LogP contribution in [0, 0.1) is 5.82 Å². The summed E-state index contributed by atoms with van der Waals surface area (Å²) in [7, 11) is 1.30. The van der Waals surface area contributed by atoms with Crippen LogP contribution in [0.25, 0.3) is 0 Å². The average molecular weight is 384 g/mol. The molecule has 0 bridgehead atoms. The summed E-state index contributed by atoms with van der Waals surface area (Å²) in [6.45, 7) is 0.828. The highest BCUT2D eigenvalue weighted by atomic mass is 19.1. The Morgan fingerprint density at radius 3 is 2.71 bits per heavy atom. The Kier molecular flexibility index (Phi) is 6.41. The first-order chi connectivity index (χ1) is 13.6. The SMILES string of the molecule is COC(=O)Cn1nnnc1C(NCc1cccc(CN)c1)c1ccc(F)cc1. The molecule has 146 valence electrons.